The van der Waals surface area contributed by atoms with Crippen LogP contribution >= 0.6 is 0 Å². The number of nitrogens with one attached hydrogen (secondary N) is 2. The lowest BCUT2D eigenvalue weighted by Gasteiger charge is -2.14. The summed E-state index contributed by atoms with van der Waals surface area (Å²) in [4.78, 5) is 11.9. The summed E-state index contributed by atoms with van der Waals surface area (Å²) in [5.41, 5.74) is -0.131. The maximum Gasteiger partial charge on any atom is 0.227 e. The van der Waals surface area contributed by atoms with Crippen molar-refractivity contribution >= 4 is 5.91 Å². The fraction of sp³-hybridized carbons (Fsp3) is 0.615. The summed E-state index contributed by atoms with van der Waals surface area (Å²) >= 11 is 0. The number of aryl methyl sites for hydroxylation is 1. The van der Waals surface area contributed by atoms with Gasteiger partial charge in [0.2, 0.25) is 5.91 Å². The van der Waals surface area contributed by atoms with E-state index in [1.54, 1.807) is 0 Å². The van der Waals surface area contributed by atoms with E-state index >= 15 is 0 Å². The van der Waals surface area contributed by atoms with Gasteiger partial charge in [-0.25, -0.2) is 0 Å². The number of amides is 1. The number of hydrogen-bond acceptors (Lipinski definition) is 3. The predicted molar refractivity (Wildman–Crippen MR) is 65.8 cm³/mol. The molecule has 1 aliphatic rings. The zero-order valence-corrected chi connectivity index (χ0v) is 10.5. The van der Waals surface area contributed by atoms with Crippen molar-refractivity contribution in [3.8, 4) is 0 Å². The van der Waals surface area contributed by atoms with Gasteiger partial charge in [0.15, 0.2) is 0 Å². The second kappa shape index (κ2) is 4.92. The van der Waals surface area contributed by atoms with E-state index in [1.165, 1.54) is 0 Å². The lowest BCUT2D eigenvalue weighted by atomic mass is 10.1. The summed E-state index contributed by atoms with van der Waals surface area (Å²) in [6.07, 6.45) is 2.76. The quantitative estimate of drug-likeness (QED) is 0.781. The van der Waals surface area contributed by atoms with Crippen LogP contribution in [0.4, 0.5) is 0 Å². The normalized spacial score (nSPS) is 16.8. The van der Waals surface area contributed by atoms with Gasteiger partial charge in [-0.05, 0) is 38.9 Å². The molecule has 1 aromatic rings. The number of rotatable bonds is 6. The third-order valence-corrected chi connectivity index (χ3v) is 3.30. The highest BCUT2D eigenvalue weighted by Gasteiger charge is 2.48. The number of hydrogen-bond donors (Lipinski definition) is 2. The van der Waals surface area contributed by atoms with Gasteiger partial charge in [-0.15, -0.1) is 0 Å². The third kappa shape index (κ3) is 2.88. The molecule has 0 saturated heterocycles. The molecule has 0 aliphatic heterocycles. The smallest absolute Gasteiger partial charge is 0.227 e. The lowest BCUT2D eigenvalue weighted by Crippen LogP contribution is -2.38. The first-order chi connectivity index (χ1) is 8.16. The lowest BCUT2D eigenvalue weighted by molar-refractivity contribution is -0.126. The van der Waals surface area contributed by atoms with Crippen molar-refractivity contribution in [1.29, 1.82) is 0 Å². The molecule has 0 radical (unpaired) electrons. The van der Waals surface area contributed by atoms with Crippen molar-refractivity contribution in [2.45, 2.75) is 26.2 Å². The molecule has 0 atom stereocenters. The maximum atomic E-state index is 11.9. The third-order valence-electron chi connectivity index (χ3n) is 3.30. The van der Waals surface area contributed by atoms with Gasteiger partial charge in [0.1, 0.15) is 11.5 Å². The fourth-order valence-electron chi connectivity index (χ4n) is 2.08. The maximum absolute atomic E-state index is 11.9. The van der Waals surface area contributed by atoms with E-state index in [-0.39, 0.29) is 11.3 Å². The molecule has 1 aromatic heterocycles. The largest absolute Gasteiger partial charge is 0.466 e. The highest BCUT2D eigenvalue weighted by Crippen LogP contribution is 2.45. The van der Waals surface area contributed by atoms with Crippen LogP contribution in [0.15, 0.2) is 16.5 Å². The zero-order chi connectivity index (χ0) is 12.3. The van der Waals surface area contributed by atoms with E-state index in [9.17, 15) is 4.79 Å². The Kier molecular flexibility index (Phi) is 3.52. The van der Waals surface area contributed by atoms with E-state index < -0.39 is 0 Å². The molecule has 1 saturated carbocycles. The Balaban J connectivity index is 1.73. The van der Waals surface area contributed by atoms with Gasteiger partial charge in [-0.3, -0.25) is 4.79 Å². The molecule has 0 aromatic carbocycles. The van der Waals surface area contributed by atoms with Gasteiger partial charge in [-0.1, -0.05) is 0 Å². The van der Waals surface area contributed by atoms with Crippen molar-refractivity contribution in [3.63, 3.8) is 0 Å². The standard InChI is InChI=1S/C13H20N2O2/c1-10-3-4-11(17-10)5-8-15-12(16)13(6-7-13)9-14-2/h3-4,14H,5-9H2,1-2H3,(H,15,16). The monoisotopic (exact) mass is 236 g/mol. The predicted octanol–water partition coefficient (Wildman–Crippen LogP) is 1.25. The SMILES string of the molecule is CNCC1(C(=O)NCCc2ccc(C)o2)CC1. The van der Waals surface area contributed by atoms with E-state index in [0.717, 1.165) is 37.3 Å². The van der Waals surface area contributed by atoms with Crippen LogP contribution in [0, 0.1) is 12.3 Å². The minimum Gasteiger partial charge on any atom is -0.466 e. The molecular formula is C13H20N2O2. The fourth-order valence-corrected chi connectivity index (χ4v) is 2.08. The number of carbonyl (C=O) groups excluding carboxylic acids is 1. The van der Waals surface area contributed by atoms with Crippen LogP contribution in [0.5, 0.6) is 0 Å². The Bertz CT molecular complexity index is 394. The summed E-state index contributed by atoms with van der Waals surface area (Å²) < 4.78 is 5.45. The average Bonchev–Trinajstić information content (AvgIpc) is 2.97. The van der Waals surface area contributed by atoms with E-state index in [4.69, 9.17) is 4.42 Å². The topological polar surface area (TPSA) is 54.3 Å². The van der Waals surface area contributed by atoms with Crippen molar-refractivity contribution in [3.05, 3.63) is 23.7 Å². The van der Waals surface area contributed by atoms with Crippen LogP contribution in [0.25, 0.3) is 0 Å². The van der Waals surface area contributed by atoms with Crippen LogP contribution in [-0.2, 0) is 11.2 Å². The van der Waals surface area contributed by atoms with Crippen LogP contribution in [0.1, 0.15) is 24.4 Å². The molecular weight excluding hydrogens is 216 g/mol. The Morgan fingerprint density at radius 2 is 2.24 bits per heavy atom. The van der Waals surface area contributed by atoms with E-state index in [2.05, 4.69) is 10.6 Å². The van der Waals surface area contributed by atoms with E-state index in [1.807, 2.05) is 26.1 Å². The van der Waals surface area contributed by atoms with Gasteiger partial charge in [-0.2, -0.15) is 0 Å². The van der Waals surface area contributed by atoms with Crippen molar-refractivity contribution in [2.24, 2.45) is 5.41 Å². The zero-order valence-electron chi connectivity index (χ0n) is 10.5. The minimum absolute atomic E-state index is 0.131. The molecule has 2 rings (SSSR count). The number of carbonyl (C=O) groups is 1. The average molecular weight is 236 g/mol. The highest BCUT2D eigenvalue weighted by atomic mass is 16.3. The second-order valence-electron chi connectivity index (χ2n) is 4.83. The molecule has 1 heterocycles. The molecule has 1 aliphatic carbocycles. The Morgan fingerprint density at radius 3 is 2.76 bits per heavy atom. The van der Waals surface area contributed by atoms with E-state index in [0.29, 0.717) is 6.54 Å². The molecule has 0 bridgehead atoms. The van der Waals surface area contributed by atoms with Gasteiger partial charge >= 0.3 is 0 Å². The second-order valence-corrected chi connectivity index (χ2v) is 4.83. The molecule has 4 heteroatoms. The first-order valence-electron chi connectivity index (χ1n) is 6.14. The van der Waals surface area contributed by atoms with Crippen LogP contribution in [0.3, 0.4) is 0 Å². The molecule has 94 valence electrons. The summed E-state index contributed by atoms with van der Waals surface area (Å²) in [5, 5.41) is 6.07. The van der Waals surface area contributed by atoms with Crippen LogP contribution < -0.4 is 10.6 Å². The minimum atomic E-state index is -0.131. The van der Waals surface area contributed by atoms with Gasteiger partial charge < -0.3 is 15.1 Å². The van der Waals surface area contributed by atoms with Crippen LogP contribution in [0.2, 0.25) is 0 Å². The molecule has 1 amide bonds. The molecule has 0 unspecified atom stereocenters. The molecule has 1 fully saturated rings. The van der Waals surface area contributed by atoms with Gasteiger partial charge in [0.25, 0.3) is 0 Å². The Morgan fingerprint density at radius 1 is 1.47 bits per heavy atom. The van der Waals surface area contributed by atoms with Crippen molar-refractivity contribution < 1.29 is 9.21 Å². The highest BCUT2D eigenvalue weighted by molar-refractivity contribution is 5.85. The molecule has 4 nitrogen and oxygen atoms in total. The molecule has 2 N–H and O–H groups in total. The Labute approximate surface area is 102 Å². The van der Waals surface area contributed by atoms with Crippen molar-refractivity contribution in [1.82, 2.24) is 10.6 Å². The first-order valence-corrected chi connectivity index (χ1v) is 6.14. The van der Waals surface area contributed by atoms with Crippen LogP contribution in [-0.4, -0.2) is 26.0 Å². The summed E-state index contributed by atoms with van der Waals surface area (Å²) in [6, 6.07) is 3.91. The first kappa shape index (κ1) is 12.2. The summed E-state index contributed by atoms with van der Waals surface area (Å²) in [7, 11) is 1.89. The molecule has 17 heavy (non-hydrogen) atoms. The number of furan rings is 1. The Hall–Kier alpha value is -1.29. The summed E-state index contributed by atoms with van der Waals surface area (Å²) in [5.74, 6) is 2.02. The summed E-state index contributed by atoms with van der Waals surface area (Å²) in [6.45, 7) is 3.35. The van der Waals surface area contributed by atoms with Crippen molar-refractivity contribution in [2.75, 3.05) is 20.1 Å². The van der Waals surface area contributed by atoms with Gasteiger partial charge in [0.05, 0.1) is 5.41 Å². The van der Waals surface area contributed by atoms with Gasteiger partial charge in [0, 0.05) is 19.5 Å². The molecule has 0 spiro atoms.